The molecule has 0 spiro atoms. The zero-order chi connectivity index (χ0) is 11.8. The van der Waals surface area contributed by atoms with Gasteiger partial charge in [0.2, 0.25) is 0 Å². The van der Waals surface area contributed by atoms with Gasteiger partial charge >= 0.3 is 11.9 Å². The van der Waals surface area contributed by atoms with E-state index in [0.29, 0.717) is 25.7 Å². The molecule has 0 unspecified atom stereocenters. The summed E-state index contributed by atoms with van der Waals surface area (Å²) in [5, 5.41) is 7.98. The average Bonchev–Trinajstić information content (AvgIpc) is 3.18. The fourth-order valence-corrected chi connectivity index (χ4v) is 1.50. The molecular formula is C10H14N2O4. The highest BCUT2D eigenvalue weighted by Gasteiger charge is 2.56. The summed E-state index contributed by atoms with van der Waals surface area (Å²) in [6.07, 6.45) is 2.56. The molecule has 0 aromatic carbocycles. The minimum Gasteiger partial charge on any atom is -0.467 e. The zero-order valence-electron chi connectivity index (χ0n) is 9.36. The lowest BCUT2D eigenvalue weighted by Crippen LogP contribution is -2.25. The molecule has 0 saturated heterocycles. The molecule has 2 aliphatic rings. The number of rotatable bonds is 4. The third-order valence-electron chi connectivity index (χ3n) is 3.01. The number of azo groups is 1. The lowest BCUT2D eigenvalue weighted by Gasteiger charge is -2.08. The van der Waals surface area contributed by atoms with Crippen LogP contribution >= 0.6 is 0 Å². The highest BCUT2D eigenvalue weighted by Crippen LogP contribution is 2.46. The monoisotopic (exact) mass is 226 g/mol. The number of esters is 2. The van der Waals surface area contributed by atoms with Gasteiger partial charge in [0, 0.05) is 0 Å². The van der Waals surface area contributed by atoms with Crippen LogP contribution in [0.2, 0.25) is 0 Å². The van der Waals surface area contributed by atoms with E-state index in [9.17, 15) is 9.59 Å². The first-order valence-electron chi connectivity index (χ1n) is 5.19. The fourth-order valence-electron chi connectivity index (χ4n) is 1.50. The van der Waals surface area contributed by atoms with Gasteiger partial charge < -0.3 is 9.47 Å². The second-order valence-corrected chi connectivity index (χ2v) is 4.25. The molecule has 2 rings (SSSR count). The van der Waals surface area contributed by atoms with Crippen molar-refractivity contribution in [3.05, 3.63) is 0 Å². The molecule has 0 bridgehead atoms. The quantitative estimate of drug-likeness (QED) is 0.526. The normalized spacial score (nSPS) is 23.9. The van der Waals surface area contributed by atoms with E-state index in [2.05, 4.69) is 19.7 Å². The van der Waals surface area contributed by atoms with Gasteiger partial charge in [0.15, 0.2) is 11.1 Å². The molecule has 0 radical (unpaired) electrons. The van der Waals surface area contributed by atoms with Gasteiger partial charge in [-0.2, -0.15) is 10.2 Å². The molecule has 0 N–H and O–H groups in total. The second-order valence-electron chi connectivity index (χ2n) is 4.25. The molecule has 0 aromatic heterocycles. The van der Waals surface area contributed by atoms with Gasteiger partial charge in [-0.1, -0.05) is 0 Å². The van der Waals surface area contributed by atoms with Crippen molar-refractivity contribution in [2.45, 2.75) is 36.8 Å². The van der Waals surface area contributed by atoms with E-state index in [1.165, 1.54) is 14.2 Å². The summed E-state index contributed by atoms with van der Waals surface area (Å²) in [5.41, 5.74) is -1.64. The fraction of sp³-hybridized carbons (Fsp3) is 0.800. The summed E-state index contributed by atoms with van der Waals surface area (Å²) >= 11 is 0. The molecule has 2 fully saturated rings. The van der Waals surface area contributed by atoms with Crippen LogP contribution in [0, 0.1) is 0 Å². The molecule has 2 saturated carbocycles. The zero-order valence-corrected chi connectivity index (χ0v) is 9.36. The molecule has 16 heavy (non-hydrogen) atoms. The lowest BCUT2D eigenvalue weighted by atomic mass is 10.3. The van der Waals surface area contributed by atoms with Crippen LogP contribution in [-0.4, -0.2) is 37.2 Å². The minimum atomic E-state index is -0.821. The van der Waals surface area contributed by atoms with Crippen LogP contribution in [0.4, 0.5) is 0 Å². The molecule has 6 nitrogen and oxygen atoms in total. The van der Waals surface area contributed by atoms with Crippen LogP contribution < -0.4 is 0 Å². The van der Waals surface area contributed by atoms with Crippen molar-refractivity contribution >= 4 is 11.9 Å². The smallest absolute Gasteiger partial charge is 0.335 e. The Labute approximate surface area is 93.0 Å². The van der Waals surface area contributed by atoms with Gasteiger partial charge in [0.1, 0.15) is 0 Å². The largest absolute Gasteiger partial charge is 0.467 e. The van der Waals surface area contributed by atoms with Crippen molar-refractivity contribution in [2.75, 3.05) is 14.2 Å². The molecule has 0 aromatic rings. The highest BCUT2D eigenvalue weighted by molar-refractivity contribution is 5.85. The third-order valence-corrected chi connectivity index (χ3v) is 3.01. The van der Waals surface area contributed by atoms with E-state index >= 15 is 0 Å². The number of hydrogen-bond acceptors (Lipinski definition) is 6. The predicted molar refractivity (Wildman–Crippen MR) is 52.8 cm³/mol. The predicted octanol–water partition coefficient (Wildman–Crippen LogP) is 0.850. The topological polar surface area (TPSA) is 77.3 Å². The number of nitrogens with zero attached hydrogens (tertiary/aromatic N) is 2. The van der Waals surface area contributed by atoms with Crippen molar-refractivity contribution in [1.82, 2.24) is 0 Å². The van der Waals surface area contributed by atoms with Crippen LogP contribution in [0.5, 0.6) is 0 Å². The summed E-state index contributed by atoms with van der Waals surface area (Å²) in [5.74, 6) is -0.756. The Morgan fingerprint density at radius 1 is 0.875 bits per heavy atom. The standard InChI is InChI=1S/C10H14N2O4/c1-15-7(13)9(3-4-9)11-12-10(5-6-10)8(14)16-2/h3-6H2,1-2H3. The van der Waals surface area contributed by atoms with Gasteiger partial charge in [-0.05, 0) is 25.7 Å². The third kappa shape index (κ3) is 1.68. The molecule has 88 valence electrons. The Kier molecular flexibility index (Phi) is 2.44. The van der Waals surface area contributed by atoms with Crippen molar-refractivity contribution in [3.63, 3.8) is 0 Å². The molecule has 0 amide bonds. The molecule has 0 aliphatic heterocycles. The van der Waals surface area contributed by atoms with Crippen LogP contribution in [0.15, 0.2) is 10.2 Å². The number of hydrogen-bond donors (Lipinski definition) is 0. The highest BCUT2D eigenvalue weighted by atomic mass is 16.5. The Morgan fingerprint density at radius 2 is 1.19 bits per heavy atom. The van der Waals surface area contributed by atoms with E-state index < -0.39 is 11.1 Å². The van der Waals surface area contributed by atoms with Gasteiger partial charge in [0.05, 0.1) is 14.2 Å². The number of carbonyl (C=O) groups is 2. The number of carbonyl (C=O) groups excluding carboxylic acids is 2. The Hall–Kier alpha value is -1.46. The lowest BCUT2D eigenvalue weighted by molar-refractivity contribution is -0.145. The maximum absolute atomic E-state index is 11.4. The maximum atomic E-state index is 11.4. The first kappa shape index (κ1) is 11.0. The first-order chi connectivity index (χ1) is 7.58. The van der Waals surface area contributed by atoms with Gasteiger partial charge in [-0.25, -0.2) is 9.59 Å². The maximum Gasteiger partial charge on any atom is 0.335 e. The van der Waals surface area contributed by atoms with Crippen LogP contribution in [-0.2, 0) is 19.1 Å². The summed E-state index contributed by atoms with van der Waals surface area (Å²) in [7, 11) is 2.65. The van der Waals surface area contributed by atoms with Crippen LogP contribution in [0.1, 0.15) is 25.7 Å². The molecule has 6 heteroatoms. The Balaban J connectivity index is 2.05. The number of ether oxygens (including phenoxy) is 2. The van der Waals surface area contributed by atoms with Crippen LogP contribution in [0.3, 0.4) is 0 Å². The SMILES string of the molecule is COC(=O)C1(N=NC2(C(=O)OC)CC2)CC1. The number of methoxy groups -OCH3 is 2. The van der Waals surface area contributed by atoms with E-state index in [0.717, 1.165) is 0 Å². The van der Waals surface area contributed by atoms with Gasteiger partial charge in [-0.3, -0.25) is 0 Å². The van der Waals surface area contributed by atoms with Crippen molar-refractivity contribution < 1.29 is 19.1 Å². The van der Waals surface area contributed by atoms with E-state index in [4.69, 9.17) is 0 Å². The first-order valence-corrected chi connectivity index (χ1v) is 5.19. The Morgan fingerprint density at radius 3 is 1.38 bits per heavy atom. The molecule has 0 heterocycles. The van der Waals surface area contributed by atoms with Crippen molar-refractivity contribution in [2.24, 2.45) is 10.2 Å². The summed E-state index contributed by atoms with van der Waals surface area (Å²) in [4.78, 5) is 22.8. The van der Waals surface area contributed by atoms with E-state index in [1.807, 2.05) is 0 Å². The second kappa shape index (κ2) is 3.54. The Bertz CT molecular complexity index is 322. The summed E-state index contributed by atoms with van der Waals surface area (Å²) in [6.45, 7) is 0. The molecule has 2 aliphatic carbocycles. The summed E-state index contributed by atoms with van der Waals surface area (Å²) in [6, 6.07) is 0. The van der Waals surface area contributed by atoms with Crippen LogP contribution in [0.25, 0.3) is 0 Å². The van der Waals surface area contributed by atoms with Crippen molar-refractivity contribution in [3.8, 4) is 0 Å². The average molecular weight is 226 g/mol. The van der Waals surface area contributed by atoms with Gasteiger partial charge in [0.25, 0.3) is 0 Å². The summed E-state index contributed by atoms with van der Waals surface area (Å²) < 4.78 is 9.28. The minimum absolute atomic E-state index is 0.378. The van der Waals surface area contributed by atoms with Crippen molar-refractivity contribution in [1.29, 1.82) is 0 Å². The molecular weight excluding hydrogens is 212 g/mol. The van der Waals surface area contributed by atoms with E-state index in [-0.39, 0.29) is 11.9 Å². The van der Waals surface area contributed by atoms with Gasteiger partial charge in [-0.15, -0.1) is 0 Å². The van der Waals surface area contributed by atoms with E-state index in [1.54, 1.807) is 0 Å². The molecule has 0 atom stereocenters.